The Balaban J connectivity index is 2.64. The fraction of sp³-hybridized carbons (Fsp3) is 0.455. The molecule has 5 heteroatoms. The molecule has 0 aliphatic carbocycles. The third kappa shape index (κ3) is 2.10. The summed E-state index contributed by atoms with van der Waals surface area (Å²) >= 11 is 6.11. The van der Waals surface area contributed by atoms with Crippen molar-refractivity contribution in [1.29, 1.82) is 0 Å². The van der Waals surface area contributed by atoms with Gasteiger partial charge in [-0.15, -0.1) is 0 Å². The molecule has 1 aromatic rings. The first-order valence-corrected chi connectivity index (χ1v) is 7.35. The van der Waals surface area contributed by atoms with Crippen molar-refractivity contribution in [2.24, 2.45) is 0 Å². The molecular formula is C11H14ClNO2S. The van der Waals surface area contributed by atoms with Crippen LogP contribution in [0.3, 0.4) is 0 Å². The van der Waals surface area contributed by atoms with E-state index >= 15 is 0 Å². The van der Waals surface area contributed by atoms with E-state index in [9.17, 15) is 8.42 Å². The molecule has 1 aromatic carbocycles. The smallest absolute Gasteiger partial charge is 0.175 e. The van der Waals surface area contributed by atoms with Gasteiger partial charge in [-0.25, -0.2) is 8.42 Å². The average molecular weight is 260 g/mol. The van der Waals surface area contributed by atoms with Gasteiger partial charge >= 0.3 is 0 Å². The summed E-state index contributed by atoms with van der Waals surface area (Å²) in [6.45, 7) is 1.59. The van der Waals surface area contributed by atoms with Gasteiger partial charge in [0.05, 0.1) is 4.90 Å². The second-order valence-electron chi connectivity index (χ2n) is 4.26. The number of fused-ring (bicyclic) bond motifs is 1. The summed E-state index contributed by atoms with van der Waals surface area (Å²) in [5.74, 6) is 0. The summed E-state index contributed by atoms with van der Waals surface area (Å²) < 4.78 is 23.3. The lowest BCUT2D eigenvalue weighted by Gasteiger charge is -2.27. The molecule has 1 heterocycles. The molecule has 0 fully saturated rings. The van der Waals surface area contributed by atoms with Crippen molar-refractivity contribution in [2.75, 3.05) is 19.8 Å². The summed E-state index contributed by atoms with van der Waals surface area (Å²) in [4.78, 5) is 2.57. The van der Waals surface area contributed by atoms with Gasteiger partial charge in [-0.05, 0) is 36.7 Å². The highest BCUT2D eigenvalue weighted by atomic mass is 35.5. The number of rotatable bonds is 1. The topological polar surface area (TPSA) is 37.4 Å². The molecule has 0 amide bonds. The first-order valence-electron chi connectivity index (χ1n) is 5.08. The molecule has 0 unspecified atom stereocenters. The quantitative estimate of drug-likeness (QED) is 0.771. The molecule has 0 saturated carbocycles. The van der Waals surface area contributed by atoms with Gasteiger partial charge in [-0.2, -0.15) is 0 Å². The molecular weight excluding hydrogens is 246 g/mol. The lowest BCUT2D eigenvalue weighted by molar-refractivity contribution is 0.311. The molecule has 0 radical (unpaired) electrons. The van der Waals surface area contributed by atoms with Crippen molar-refractivity contribution in [3.63, 3.8) is 0 Å². The van der Waals surface area contributed by atoms with E-state index in [1.165, 1.54) is 6.26 Å². The third-order valence-electron chi connectivity index (χ3n) is 2.90. The molecule has 0 saturated heterocycles. The number of hydrogen-bond acceptors (Lipinski definition) is 3. The van der Waals surface area contributed by atoms with E-state index in [-0.39, 0.29) is 0 Å². The molecule has 1 aliphatic rings. The minimum atomic E-state index is -3.16. The van der Waals surface area contributed by atoms with E-state index in [0.717, 1.165) is 30.6 Å². The maximum atomic E-state index is 11.6. The van der Waals surface area contributed by atoms with Crippen LogP contribution in [0.5, 0.6) is 0 Å². The summed E-state index contributed by atoms with van der Waals surface area (Å²) in [5, 5.41) is 0.661. The Morgan fingerprint density at radius 1 is 1.31 bits per heavy atom. The number of hydrogen-bond donors (Lipinski definition) is 0. The predicted octanol–water partition coefficient (Wildman–Crippen LogP) is 1.73. The van der Waals surface area contributed by atoms with Crippen LogP contribution in [-0.2, 0) is 22.8 Å². The minimum Gasteiger partial charge on any atom is -0.302 e. The zero-order valence-corrected chi connectivity index (χ0v) is 10.9. The molecule has 0 atom stereocenters. The maximum Gasteiger partial charge on any atom is 0.175 e. The van der Waals surface area contributed by atoms with Crippen molar-refractivity contribution in [2.45, 2.75) is 17.9 Å². The fourth-order valence-corrected chi connectivity index (χ4v) is 3.31. The minimum absolute atomic E-state index is 0.431. The van der Waals surface area contributed by atoms with Crippen LogP contribution in [0.2, 0.25) is 5.02 Å². The lowest BCUT2D eigenvalue weighted by Crippen LogP contribution is -2.28. The van der Waals surface area contributed by atoms with Gasteiger partial charge in [-0.1, -0.05) is 11.6 Å². The van der Waals surface area contributed by atoms with Crippen LogP contribution in [0.15, 0.2) is 17.0 Å². The van der Waals surface area contributed by atoms with Crippen LogP contribution in [0, 0.1) is 0 Å². The summed E-state index contributed by atoms with van der Waals surface area (Å²) in [6, 6.07) is 3.29. The van der Waals surface area contributed by atoms with Gasteiger partial charge in [-0.3, -0.25) is 0 Å². The Kier molecular flexibility index (Phi) is 2.99. The Bertz CT molecular complexity index is 525. The number of sulfone groups is 1. The molecule has 3 nitrogen and oxygen atoms in total. The second-order valence-corrected chi connectivity index (χ2v) is 6.65. The van der Waals surface area contributed by atoms with Crippen LogP contribution in [0.25, 0.3) is 0 Å². The van der Waals surface area contributed by atoms with Crippen molar-refractivity contribution in [1.82, 2.24) is 4.90 Å². The van der Waals surface area contributed by atoms with E-state index in [4.69, 9.17) is 11.6 Å². The monoisotopic (exact) mass is 259 g/mol. The first-order chi connectivity index (χ1) is 7.39. The van der Waals surface area contributed by atoms with Crippen LogP contribution in [0.1, 0.15) is 11.1 Å². The van der Waals surface area contributed by atoms with Gasteiger partial charge in [0.15, 0.2) is 9.84 Å². The molecule has 2 rings (SSSR count). The van der Waals surface area contributed by atoms with Crippen LogP contribution in [-0.4, -0.2) is 33.2 Å². The summed E-state index contributed by atoms with van der Waals surface area (Å²) in [6.07, 6.45) is 1.99. The molecule has 0 spiro atoms. The largest absolute Gasteiger partial charge is 0.302 e. The Morgan fingerprint density at radius 3 is 2.62 bits per heavy atom. The van der Waals surface area contributed by atoms with E-state index < -0.39 is 9.84 Å². The molecule has 88 valence electrons. The van der Waals surface area contributed by atoms with Crippen molar-refractivity contribution < 1.29 is 8.42 Å². The van der Waals surface area contributed by atoms with Gasteiger partial charge in [0.2, 0.25) is 0 Å². The molecule has 0 aromatic heterocycles. The van der Waals surface area contributed by atoms with E-state index in [1.807, 2.05) is 7.05 Å². The Hall–Kier alpha value is -0.580. The highest BCUT2D eigenvalue weighted by molar-refractivity contribution is 7.90. The van der Waals surface area contributed by atoms with Crippen LogP contribution >= 0.6 is 11.6 Å². The number of nitrogens with zero attached hydrogens (tertiary/aromatic N) is 1. The lowest BCUT2D eigenvalue weighted by atomic mass is 10.00. The number of halogens is 1. The van der Waals surface area contributed by atoms with Gasteiger partial charge in [0, 0.05) is 24.4 Å². The highest BCUT2D eigenvalue weighted by Gasteiger charge is 2.23. The van der Waals surface area contributed by atoms with Gasteiger partial charge in [0.25, 0.3) is 0 Å². The molecule has 0 N–H and O–H groups in total. The first kappa shape index (κ1) is 11.9. The van der Waals surface area contributed by atoms with E-state index in [0.29, 0.717) is 9.92 Å². The number of benzene rings is 1. The van der Waals surface area contributed by atoms with Crippen molar-refractivity contribution >= 4 is 21.4 Å². The SMILES string of the molecule is CN1CCc2c(S(C)(=O)=O)ccc(Cl)c2C1. The maximum absolute atomic E-state index is 11.6. The average Bonchev–Trinajstić information content (AvgIpc) is 2.17. The van der Waals surface area contributed by atoms with Crippen LogP contribution < -0.4 is 0 Å². The standard InChI is InChI=1S/C11H14ClNO2S/c1-13-6-5-8-9(7-13)10(12)3-4-11(8)16(2,14)15/h3-4H,5-7H2,1-2H3. The Labute approximate surface area is 101 Å². The third-order valence-corrected chi connectivity index (χ3v) is 4.44. The second kappa shape index (κ2) is 4.02. The normalized spacial score (nSPS) is 17.2. The zero-order valence-electron chi connectivity index (χ0n) is 9.33. The van der Waals surface area contributed by atoms with Gasteiger partial charge < -0.3 is 4.90 Å². The number of likely N-dealkylation sites (N-methyl/N-ethyl adjacent to an activating group) is 1. The molecule has 16 heavy (non-hydrogen) atoms. The molecule has 1 aliphatic heterocycles. The zero-order chi connectivity index (χ0) is 11.9. The molecule has 0 bridgehead atoms. The van der Waals surface area contributed by atoms with E-state index in [2.05, 4.69) is 4.90 Å². The van der Waals surface area contributed by atoms with Crippen molar-refractivity contribution in [3.05, 3.63) is 28.3 Å². The summed E-state index contributed by atoms with van der Waals surface area (Å²) in [5.41, 5.74) is 1.85. The van der Waals surface area contributed by atoms with Crippen molar-refractivity contribution in [3.8, 4) is 0 Å². The summed E-state index contributed by atoms with van der Waals surface area (Å²) in [7, 11) is -1.15. The van der Waals surface area contributed by atoms with E-state index in [1.54, 1.807) is 12.1 Å². The highest BCUT2D eigenvalue weighted by Crippen LogP contribution is 2.30. The predicted molar refractivity (Wildman–Crippen MR) is 64.6 cm³/mol. The fourth-order valence-electron chi connectivity index (χ4n) is 2.09. The Morgan fingerprint density at radius 2 is 2.00 bits per heavy atom. The van der Waals surface area contributed by atoms with Gasteiger partial charge in [0.1, 0.15) is 0 Å². The van der Waals surface area contributed by atoms with Crippen LogP contribution in [0.4, 0.5) is 0 Å².